The standard InChI is InChI=1S/C10H9FN4/c1-8-7-13-10(11)6-9(8)4-2-3-5-14-15-12/h6-7H,3,5H2,1H3. The van der Waals surface area contributed by atoms with Gasteiger partial charge in [-0.2, -0.15) is 4.39 Å². The van der Waals surface area contributed by atoms with Gasteiger partial charge in [0.25, 0.3) is 0 Å². The van der Waals surface area contributed by atoms with Gasteiger partial charge in [0.15, 0.2) is 0 Å². The minimum Gasteiger partial charge on any atom is -0.228 e. The lowest BCUT2D eigenvalue weighted by Gasteiger charge is -1.95. The molecule has 0 atom stereocenters. The molecule has 0 unspecified atom stereocenters. The first-order valence-electron chi connectivity index (χ1n) is 4.36. The number of aryl methyl sites for hydroxylation is 1. The van der Waals surface area contributed by atoms with Gasteiger partial charge in [-0.1, -0.05) is 17.0 Å². The van der Waals surface area contributed by atoms with E-state index in [1.165, 1.54) is 12.3 Å². The third kappa shape index (κ3) is 3.67. The van der Waals surface area contributed by atoms with Crippen molar-refractivity contribution in [2.45, 2.75) is 13.3 Å². The van der Waals surface area contributed by atoms with E-state index >= 15 is 0 Å². The van der Waals surface area contributed by atoms with Crippen LogP contribution in [0.4, 0.5) is 4.39 Å². The summed E-state index contributed by atoms with van der Waals surface area (Å²) < 4.78 is 12.7. The molecule has 1 heterocycles. The van der Waals surface area contributed by atoms with Gasteiger partial charge in [0.05, 0.1) is 0 Å². The van der Waals surface area contributed by atoms with E-state index < -0.39 is 5.95 Å². The van der Waals surface area contributed by atoms with Crippen molar-refractivity contribution in [2.75, 3.05) is 6.54 Å². The molecule has 1 aromatic rings. The van der Waals surface area contributed by atoms with Gasteiger partial charge in [0, 0.05) is 35.7 Å². The summed E-state index contributed by atoms with van der Waals surface area (Å²) in [5, 5.41) is 3.33. The number of halogens is 1. The van der Waals surface area contributed by atoms with Crippen LogP contribution >= 0.6 is 0 Å². The number of hydrogen-bond donors (Lipinski definition) is 0. The fraction of sp³-hybridized carbons (Fsp3) is 0.300. The minimum atomic E-state index is -0.542. The number of nitrogens with zero attached hydrogens (tertiary/aromatic N) is 4. The molecule has 76 valence electrons. The summed E-state index contributed by atoms with van der Waals surface area (Å²) in [6.45, 7) is 2.14. The van der Waals surface area contributed by atoms with Crippen LogP contribution in [-0.4, -0.2) is 11.5 Å². The Balaban J connectivity index is 2.70. The van der Waals surface area contributed by atoms with Gasteiger partial charge >= 0.3 is 0 Å². The minimum absolute atomic E-state index is 0.329. The normalized spacial score (nSPS) is 8.67. The zero-order chi connectivity index (χ0) is 11.1. The molecule has 0 aliphatic heterocycles. The number of azide groups is 1. The second-order valence-corrected chi connectivity index (χ2v) is 2.83. The van der Waals surface area contributed by atoms with E-state index in [2.05, 4.69) is 26.9 Å². The molecule has 0 aliphatic rings. The van der Waals surface area contributed by atoms with Crippen molar-refractivity contribution < 1.29 is 4.39 Å². The third-order valence-electron chi connectivity index (χ3n) is 1.69. The quantitative estimate of drug-likeness (QED) is 0.182. The maximum atomic E-state index is 12.7. The molecule has 0 N–H and O–H groups in total. The van der Waals surface area contributed by atoms with Gasteiger partial charge in [-0.3, -0.25) is 0 Å². The predicted molar refractivity (Wildman–Crippen MR) is 54.4 cm³/mol. The summed E-state index contributed by atoms with van der Waals surface area (Å²) in [6.07, 6.45) is 1.90. The van der Waals surface area contributed by atoms with Crippen LogP contribution in [0.15, 0.2) is 17.4 Å². The summed E-state index contributed by atoms with van der Waals surface area (Å²) in [5.41, 5.74) is 9.46. The summed E-state index contributed by atoms with van der Waals surface area (Å²) in [4.78, 5) is 6.10. The molecule has 0 radical (unpaired) electrons. The van der Waals surface area contributed by atoms with Crippen LogP contribution in [-0.2, 0) is 0 Å². The molecule has 0 fully saturated rings. The van der Waals surface area contributed by atoms with Crippen molar-refractivity contribution in [3.05, 3.63) is 39.8 Å². The number of rotatable bonds is 2. The first-order chi connectivity index (χ1) is 7.24. The molecule has 0 saturated heterocycles. The first kappa shape index (κ1) is 11.0. The van der Waals surface area contributed by atoms with Crippen molar-refractivity contribution in [1.29, 1.82) is 0 Å². The van der Waals surface area contributed by atoms with Crippen LogP contribution in [0.3, 0.4) is 0 Å². The Morgan fingerprint density at radius 2 is 2.47 bits per heavy atom. The zero-order valence-corrected chi connectivity index (χ0v) is 8.24. The maximum absolute atomic E-state index is 12.7. The largest absolute Gasteiger partial charge is 0.228 e. The maximum Gasteiger partial charge on any atom is 0.214 e. The Bertz CT molecular complexity index is 452. The van der Waals surface area contributed by atoms with Gasteiger partial charge in [-0.25, -0.2) is 4.98 Å². The average Bonchev–Trinajstić information content (AvgIpc) is 2.23. The molecule has 1 rings (SSSR count). The van der Waals surface area contributed by atoms with Crippen molar-refractivity contribution >= 4 is 0 Å². The lowest BCUT2D eigenvalue weighted by Crippen LogP contribution is -1.88. The van der Waals surface area contributed by atoms with Crippen LogP contribution < -0.4 is 0 Å². The monoisotopic (exact) mass is 204 g/mol. The predicted octanol–water partition coefficient (Wildman–Crippen LogP) is 2.58. The van der Waals surface area contributed by atoms with Crippen molar-refractivity contribution in [1.82, 2.24) is 4.98 Å². The van der Waals surface area contributed by atoms with E-state index in [-0.39, 0.29) is 0 Å². The highest BCUT2D eigenvalue weighted by Crippen LogP contribution is 2.05. The van der Waals surface area contributed by atoms with E-state index in [9.17, 15) is 4.39 Å². The van der Waals surface area contributed by atoms with E-state index in [4.69, 9.17) is 5.53 Å². The van der Waals surface area contributed by atoms with Gasteiger partial charge in [-0.15, -0.1) is 0 Å². The highest BCUT2D eigenvalue weighted by atomic mass is 19.1. The molecule has 0 aromatic carbocycles. The topological polar surface area (TPSA) is 61.7 Å². The van der Waals surface area contributed by atoms with Crippen LogP contribution in [0, 0.1) is 24.7 Å². The third-order valence-corrected chi connectivity index (χ3v) is 1.69. The second kappa shape index (κ2) is 5.63. The summed E-state index contributed by atoms with van der Waals surface area (Å²) >= 11 is 0. The molecule has 0 spiro atoms. The summed E-state index contributed by atoms with van der Waals surface area (Å²) in [5.74, 6) is 5.05. The Morgan fingerprint density at radius 1 is 1.67 bits per heavy atom. The molecule has 0 saturated carbocycles. The van der Waals surface area contributed by atoms with Gasteiger partial charge in [-0.05, 0) is 18.0 Å². The number of pyridine rings is 1. The fourth-order valence-electron chi connectivity index (χ4n) is 0.941. The fourth-order valence-corrected chi connectivity index (χ4v) is 0.941. The number of aromatic nitrogens is 1. The highest BCUT2D eigenvalue weighted by molar-refractivity contribution is 5.38. The zero-order valence-electron chi connectivity index (χ0n) is 8.24. The Hall–Kier alpha value is -2.05. The van der Waals surface area contributed by atoms with E-state index in [0.29, 0.717) is 18.5 Å². The molecule has 15 heavy (non-hydrogen) atoms. The number of hydrogen-bond acceptors (Lipinski definition) is 2. The average molecular weight is 204 g/mol. The smallest absolute Gasteiger partial charge is 0.214 e. The van der Waals surface area contributed by atoms with Crippen LogP contribution in [0.25, 0.3) is 10.4 Å². The molecular formula is C10H9FN4. The van der Waals surface area contributed by atoms with Crippen molar-refractivity contribution in [3.63, 3.8) is 0 Å². The van der Waals surface area contributed by atoms with E-state index in [0.717, 1.165) is 5.56 Å². The van der Waals surface area contributed by atoms with Gasteiger partial charge in [0.1, 0.15) is 0 Å². The summed E-state index contributed by atoms with van der Waals surface area (Å²) in [7, 11) is 0. The van der Waals surface area contributed by atoms with Crippen molar-refractivity contribution in [2.24, 2.45) is 5.11 Å². The molecule has 5 heteroatoms. The Kier molecular flexibility index (Phi) is 4.14. The Morgan fingerprint density at radius 3 is 3.20 bits per heavy atom. The SMILES string of the molecule is Cc1cnc(F)cc1C#CCCN=[N+]=[N-]. The van der Waals surface area contributed by atoms with Gasteiger partial charge < -0.3 is 0 Å². The lowest BCUT2D eigenvalue weighted by atomic mass is 10.1. The second-order valence-electron chi connectivity index (χ2n) is 2.83. The van der Waals surface area contributed by atoms with E-state index in [1.807, 2.05) is 6.92 Å². The van der Waals surface area contributed by atoms with Crippen molar-refractivity contribution in [3.8, 4) is 11.8 Å². The highest BCUT2D eigenvalue weighted by Gasteiger charge is 1.97. The molecule has 4 nitrogen and oxygen atoms in total. The summed E-state index contributed by atoms with van der Waals surface area (Å²) in [6, 6.07) is 1.29. The lowest BCUT2D eigenvalue weighted by molar-refractivity contribution is 0.582. The molecule has 1 aromatic heterocycles. The van der Waals surface area contributed by atoms with Crippen LogP contribution in [0.2, 0.25) is 0 Å². The van der Waals surface area contributed by atoms with Crippen LogP contribution in [0.1, 0.15) is 17.5 Å². The van der Waals surface area contributed by atoms with Gasteiger partial charge in [0.2, 0.25) is 5.95 Å². The molecule has 0 aliphatic carbocycles. The Labute approximate surface area is 86.8 Å². The van der Waals surface area contributed by atoms with Crippen LogP contribution in [0.5, 0.6) is 0 Å². The molecule has 0 amide bonds. The first-order valence-corrected chi connectivity index (χ1v) is 4.36. The molecule has 0 bridgehead atoms. The van der Waals surface area contributed by atoms with E-state index in [1.54, 1.807) is 0 Å². The molecular weight excluding hydrogens is 195 g/mol.